The minimum atomic E-state index is -1.07. The molecule has 0 saturated heterocycles. The van der Waals surface area contributed by atoms with E-state index >= 15 is 0 Å². The molecule has 0 aliphatic heterocycles. The Morgan fingerprint density at radius 2 is 1.65 bits per heavy atom. The highest BCUT2D eigenvalue weighted by molar-refractivity contribution is 5.95. The molecule has 0 heterocycles. The average molecular weight is 288 g/mol. The van der Waals surface area contributed by atoms with Crippen LogP contribution < -0.4 is 0 Å². The van der Waals surface area contributed by atoms with E-state index in [0.717, 1.165) is 19.3 Å². The fourth-order valence-electron chi connectivity index (χ4n) is 1.82. The molecule has 0 aromatic rings. The topological polar surface area (TPSA) is 83.8 Å². The summed E-state index contributed by atoms with van der Waals surface area (Å²) in [7, 11) is 0. The van der Waals surface area contributed by atoms with Crippen molar-refractivity contribution in [2.24, 2.45) is 0 Å². The molecule has 0 aliphatic rings. The smallest absolute Gasteiger partial charge is 0.313 e. The third-order valence-electron chi connectivity index (χ3n) is 3.05. The Morgan fingerprint density at radius 1 is 1.05 bits per heavy atom. The molecule has 0 fully saturated rings. The molecule has 0 rings (SSSR count). The van der Waals surface area contributed by atoms with Crippen LogP contribution in [0.3, 0.4) is 0 Å². The number of unbranched alkanes of at least 4 members (excludes halogenated alkanes) is 6. The summed E-state index contributed by atoms with van der Waals surface area (Å²) >= 11 is 0. The highest BCUT2D eigenvalue weighted by Gasteiger charge is 2.12. The zero-order valence-corrected chi connectivity index (χ0v) is 12.5. The van der Waals surface area contributed by atoms with Crippen LogP contribution in [0.1, 0.15) is 64.7 Å². The molecule has 0 aromatic heterocycles. The minimum Gasteiger partial charge on any atom is -0.463 e. The van der Waals surface area contributed by atoms with E-state index in [2.05, 4.69) is 11.7 Å². The molecule has 0 radical (unpaired) electrons. The van der Waals surface area contributed by atoms with Gasteiger partial charge in [-0.25, -0.2) is 0 Å². The van der Waals surface area contributed by atoms with Gasteiger partial charge in [0, 0.05) is 6.42 Å². The number of rotatable bonds is 13. The highest BCUT2D eigenvalue weighted by atomic mass is 16.5. The average Bonchev–Trinajstić information content (AvgIpc) is 2.43. The van der Waals surface area contributed by atoms with E-state index in [-0.39, 0.29) is 18.8 Å². The van der Waals surface area contributed by atoms with Crippen molar-refractivity contribution in [2.45, 2.75) is 70.8 Å². The van der Waals surface area contributed by atoms with E-state index in [4.69, 9.17) is 10.2 Å². The lowest BCUT2D eigenvalue weighted by Crippen LogP contribution is -2.23. The molecule has 1 unspecified atom stereocenters. The van der Waals surface area contributed by atoms with Crippen LogP contribution in [0.2, 0.25) is 0 Å². The number of esters is 1. The summed E-state index contributed by atoms with van der Waals surface area (Å²) < 4.78 is 4.67. The van der Waals surface area contributed by atoms with Gasteiger partial charge in [-0.1, -0.05) is 45.4 Å². The zero-order valence-electron chi connectivity index (χ0n) is 12.5. The highest BCUT2D eigenvalue weighted by Crippen LogP contribution is 2.09. The molecule has 5 heteroatoms. The second kappa shape index (κ2) is 13.1. The van der Waals surface area contributed by atoms with E-state index < -0.39 is 18.7 Å². The van der Waals surface area contributed by atoms with Crippen molar-refractivity contribution in [3.05, 3.63) is 0 Å². The number of carbonyl (C=O) groups is 2. The van der Waals surface area contributed by atoms with Gasteiger partial charge in [0.05, 0.1) is 6.61 Å². The molecule has 1 atom stereocenters. The third-order valence-corrected chi connectivity index (χ3v) is 3.05. The molecule has 0 aromatic carbocycles. The molecule has 5 nitrogen and oxygen atoms in total. The second-order valence-corrected chi connectivity index (χ2v) is 5.11. The Bertz CT molecular complexity index is 265. The van der Waals surface area contributed by atoms with E-state index in [1.165, 1.54) is 25.7 Å². The number of ketones is 1. The number of hydrogen-bond donors (Lipinski definition) is 2. The van der Waals surface area contributed by atoms with Crippen LogP contribution in [0.25, 0.3) is 0 Å². The number of ether oxygens (including phenoxy) is 1. The van der Waals surface area contributed by atoms with Crippen LogP contribution in [0.4, 0.5) is 0 Å². The lowest BCUT2D eigenvalue weighted by Gasteiger charge is -2.08. The summed E-state index contributed by atoms with van der Waals surface area (Å²) in [4.78, 5) is 22.7. The van der Waals surface area contributed by atoms with Crippen molar-refractivity contribution in [1.82, 2.24) is 0 Å². The number of hydrogen-bond acceptors (Lipinski definition) is 5. The first-order valence-corrected chi connectivity index (χ1v) is 7.56. The van der Waals surface area contributed by atoms with Crippen molar-refractivity contribution in [3.8, 4) is 0 Å². The molecular formula is C15H28O5. The summed E-state index contributed by atoms with van der Waals surface area (Å²) in [6.45, 7) is 1.45. The molecule has 0 spiro atoms. The normalized spacial score (nSPS) is 12.2. The molecular weight excluding hydrogens is 260 g/mol. The van der Waals surface area contributed by atoms with Gasteiger partial charge in [0.25, 0.3) is 0 Å². The van der Waals surface area contributed by atoms with Crippen LogP contribution in [-0.4, -0.2) is 41.3 Å². The van der Waals surface area contributed by atoms with Crippen LogP contribution in [0, 0.1) is 0 Å². The van der Waals surface area contributed by atoms with Gasteiger partial charge in [0.2, 0.25) is 0 Å². The monoisotopic (exact) mass is 288 g/mol. The van der Waals surface area contributed by atoms with Crippen LogP contribution in [0.15, 0.2) is 0 Å². The number of aliphatic hydroxyl groups excluding tert-OH is 2. The molecule has 2 N–H and O–H groups in total. The second-order valence-electron chi connectivity index (χ2n) is 5.11. The lowest BCUT2D eigenvalue weighted by molar-refractivity contribution is -0.149. The van der Waals surface area contributed by atoms with Crippen LogP contribution >= 0.6 is 0 Å². The van der Waals surface area contributed by atoms with Crippen LogP contribution in [-0.2, 0) is 14.3 Å². The van der Waals surface area contributed by atoms with Gasteiger partial charge in [-0.2, -0.15) is 0 Å². The van der Waals surface area contributed by atoms with Gasteiger partial charge in [-0.3, -0.25) is 9.59 Å². The number of carbonyl (C=O) groups excluding carboxylic acids is 2. The quantitative estimate of drug-likeness (QED) is 0.307. The van der Waals surface area contributed by atoms with Crippen molar-refractivity contribution >= 4 is 11.8 Å². The fraction of sp³-hybridized carbons (Fsp3) is 0.867. The first kappa shape index (κ1) is 19.1. The van der Waals surface area contributed by atoms with E-state index in [1.807, 2.05) is 0 Å². The number of aliphatic hydroxyl groups is 2. The van der Waals surface area contributed by atoms with E-state index in [1.54, 1.807) is 0 Å². The predicted molar refractivity (Wildman–Crippen MR) is 76.3 cm³/mol. The summed E-state index contributed by atoms with van der Waals surface area (Å²) in [5, 5.41) is 17.5. The van der Waals surface area contributed by atoms with Crippen molar-refractivity contribution in [1.29, 1.82) is 0 Å². The Kier molecular flexibility index (Phi) is 12.4. The molecule has 0 saturated carbocycles. The van der Waals surface area contributed by atoms with Gasteiger partial charge in [0.1, 0.15) is 24.9 Å². The molecule has 118 valence electrons. The van der Waals surface area contributed by atoms with Gasteiger partial charge in [0.15, 0.2) is 0 Å². The predicted octanol–water partition coefficient (Wildman–Crippen LogP) is 1.98. The summed E-state index contributed by atoms with van der Waals surface area (Å²) in [6, 6.07) is 0. The maximum atomic E-state index is 11.5. The van der Waals surface area contributed by atoms with Gasteiger partial charge in [-0.15, -0.1) is 0 Å². The molecule has 0 bridgehead atoms. The minimum absolute atomic E-state index is 0.123. The molecule has 20 heavy (non-hydrogen) atoms. The summed E-state index contributed by atoms with van der Waals surface area (Å²) in [5.41, 5.74) is 0. The SMILES string of the molecule is CCCCCCCCCC(=O)CC(=O)OCC(O)CO. The van der Waals surface area contributed by atoms with Crippen molar-refractivity contribution in [3.63, 3.8) is 0 Å². The van der Waals surface area contributed by atoms with E-state index in [0.29, 0.717) is 6.42 Å². The maximum Gasteiger partial charge on any atom is 0.313 e. The zero-order chi connectivity index (χ0) is 15.2. The lowest BCUT2D eigenvalue weighted by atomic mass is 10.1. The first-order chi connectivity index (χ1) is 9.60. The summed E-state index contributed by atoms with van der Waals surface area (Å²) in [6.07, 6.45) is 7.03. The van der Waals surface area contributed by atoms with Gasteiger partial charge >= 0.3 is 5.97 Å². The molecule has 0 aliphatic carbocycles. The summed E-state index contributed by atoms with van der Waals surface area (Å²) in [5.74, 6) is -0.757. The Labute approximate surface area is 121 Å². The van der Waals surface area contributed by atoms with Gasteiger partial charge < -0.3 is 14.9 Å². The third kappa shape index (κ3) is 12.1. The first-order valence-electron chi connectivity index (χ1n) is 7.56. The van der Waals surface area contributed by atoms with Crippen LogP contribution in [0.5, 0.6) is 0 Å². The Balaban J connectivity index is 3.46. The van der Waals surface area contributed by atoms with E-state index in [9.17, 15) is 9.59 Å². The van der Waals surface area contributed by atoms with Gasteiger partial charge in [-0.05, 0) is 6.42 Å². The Morgan fingerprint density at radius 3 is 2.25 bits per heavy atom. The standard InChI is InChI=1S/C15H28O5/c1-2-3-4-5-6-7-8-9-13(17)10-15(19)20-12-14(18)11-16/h14,16,18H,2-12H2,1H3. The maximum absolute atomic E-state index is 11.5. The van der Waals surface area contributed by atoms with Crippen molar-refractivity contribution in [2.75, 3.05) is 13.2 Å². The van der Waals surface area contributed by atoms with Crippen molar-refractivity contribution < 1.29 is 24.5 Å². The fourth-order valence-corrected chi connectivity index (χ4v) is 1.82. The molecule has 0 amide bonds. The largest absolute Gasteiger partial charge is 0.463 e. The number of Topliss-reactive ketones (excluding diaryl/α,β-unsaturated/α-hetero) is 1. The Hall–Kier alpha value is -0.940.